The third kappa shape index (κ3) is 150. The number of hydrogen-bond acceptors (Lipinski definition) is 1. The Balaban J connectivity index is -0.00000000450. The Morgan fingerprint density at radius 1 is 1.11 bits per heavy atom. The van der Waals surface area contributed by atoms with Crippen molar-refractivity contribution in [3.63, 3.8) is 0 Å². The molecule has 0 aliphatic carbocycles. The molecule has 5 nitrogen and oxygen atoms in total. The molecular weight excluding hydrogens is 384 g/mol. The summed E-state index contributed by atoms with van der Waals surface area (Å²) in [4.78, 5) is 9.00. The predicted molar refractivity (Wildman–Crippen MR) is 24.2 cm³/mol. The van der Waals surface area contributed by atoms with Crippen LogP contribution in [0.5, 0.6) is 0 Å². The van der Waals surface area contributed by atoms with Crippen molar-refractivity contribution in [2.45, 2.75) is 6.92 Å². The van der Waals surface area contributed by atoms with E-state index in [1.54, 1.807) is 0 Å². The number of aliphatic carboxylic acids is 1. The second-order valence-corrected chi connectivity index (χ2v) is 0.519. The van der Waals surface area contributed by atoms with Crippen LogP contribution in [-0.2, 0) is 4.79 Å². The second kappa shape index (κ2) is 32.1. The normalized spacial score (nSPS) is 2.78. The van der Waals surface area contributed by atoms with Gasteiger partial charge in [-0.3, -0.25) is 4.79 Å². The average Bonchev–Trinajstić information content (AvgIpc) is 0.811. The number of rotatable bonds is 0. The molecule has 0 aromatic rings. The van der Waals surface area contributed by atoms with Crippen LogP contribution >= 0.6 is 0 Å². The van der Waals surface area contributed by atoms with Crippen molar-refractivity contribution in [1.82, 2.24) is 0 Å². The van der Waals surface area contributed by atoms with E-state index in [0.29, 0.717) is 0 Å². The quantitative estimate of drug-likeness (QED) is 0.492. The van der Waals surface area contributed by atoms with Crippen molar-refractivity contribution in [2.75, 3.05) is 0 Å². The Morgan fingerprint density at radius 3 is 1.11 bits per heavy atom. The standard InChI is InChI=1S/C2H4O2.2Ce.3H2O/c1-2(3)4;;;;;/h1H3,(H,3,4);;;3*1H2. The van der Waals surface area contributed by atoms with Gasteiger partial charge in [-0.15, -0.1) is 0 Å². The molecule has 0 bridgehead atoms. The summed E-state index contributed by atoms with van der Waals surface area (Å²) in [6, 6.07) is 0. The number of carboxylic acids is 1. The number of hydrogen-bond donors (Lipinski definition) is 1. The molecule has 7 heteroatoms. The number of carboxylic acid groups (broad SMARTS) is 1. The largest absolute Gasteiger partial charge is 0.481 e. The Morgan fingerprint density at radius 2 is 1.11 bits per heavy atom. The van der Waals surface area contributed by atoms with Crippen LogP contribution in [0.2, 0.25) is 0 Å². The molecule has 56 valence electrons. The van der Waals surface area contributed by atoms with Gasteiger partial charge in [0.15, 0.2) is 0 Å². The molecule has 0 aliphatic heterocycles. The SMILES string of the molecule is CC(=O)O.O.O.O.[Ce].[Ce]. The molecule has 0 fully saturated rings. The minimum Gasteiger partial charge on any atom is -0.481 e. The van der Waals surface area contributed by atoms with Gasteiger partial charge in [-0.05, 0) is 0 Å². The average molecular weight is 394 g/mol. The molecule has 0 heterocycles. The van der Waals surface area contributed by atoms with Gasteiger partial charge < -0.3 is 21.5 Å². The van der Waals surface area contributed by atoms with Crippen LogP contribution in [0.15, 0.2) is 0 Å². The van der Waals surface area contributed by atoms with Gasteiger partial charge in [0.1, 0.15) is 0 Å². The second-order valence-electron chi connectivity index (χ2n) is 0.519. The maximum atomic E-state index is 9.00. The van der Waals surface area contributed by atoms with E-state index >= 15 is 0 Å². The van der Waals surface area contributed by atoms with Crippen molar-refractivity contribution < 1.29 is 110 Å². The van der Waals surface area contributed by atoms with Gasteiger partial charge in [0.2, 0.25) is 0 Å². The van der Waals surface area contributed by atoms with Crippen molar-refractivity contribution in [3.05, 3.63) is 0 Å². The smallest absolute Gasteiger partial charge is 0.300 e. The molecule has 0 aromatic heterocycles. The van der Waals surface area contributed by atoms with E-state index in [1.807, 2.05) is 0 Å². The van der Waals surface area contributed by atoms with E-state index in [4.69, 9.17) is 9.90 Å². The molecule has 0 aliphatic rings. The maximum absolute atomic E-state index is 9.00. The van der Waals surface area contributed by atoms with Crippen LogP contribution in [0.1, 0.15) is 6.92 Å². The van der Waals surface area contributed by atoms with E-state index < -0.39 is 5.97 Å². The summed E-state index contributed by atoms with van der Waals surface area (Å²) < 4.78 is 0. The Kier molecular flexibility index (Phi) is 155. The molecule has 0 aromatic carbocycles. The Hall–Kier alpha value is 2.10. The summed E-state index contributed by atoms with van der Waals surface area (Å²) in [7, 11) is 0. The van der Waals surface area contributed by atoms with Gasteiger partial charge in [0.05, 0.1) is 0 Å². The van der Waals surface area contributed by atoms with Crippen molar-refractivity contribution in [3.8, 4) is 0 Å². The zero-order valence-corrected chi connectivity index (χ0v) is 11.1. The van der Waals surface area contributed by atoms with E-state index in [0.717, 1.165) is 6.92 Å². The van der Waals surface area contributed by atoms with Gasteiger partial charge in [-0.25, -0.2) is 0 Å². The van der Waals surface area contributed by atoms with E-state index in [2.05, 4.69) is 0 Å². The van der Waals surface area contributed by atoms with Gasteiger partial charge in [0.25, 0.3) is 5.97 Å². The Labute approximate surface area is 120 Å². The van der Waals surface area contributed by atoms with Gasteiger partial charge in [-0.1, -0.05) is 0 Å². The zero-order chi connectivity index (χ0) is 3.58. The molecule has 7 N–H and O–H groups in total. The van der Waals surface area contributed by atoms with Crippen LogP contribution in [-0.4, -0.2) is 27.5 Å². The first-order valence-corrected chi connectivity index (χ1v) is 0.928. The summed E-state index contributed by atoms with van der Waals surface area (Å²) in [6.07, 6.45) is 0. The minimum atomic E-state index is -0.833. The third-order valence-electron chi connectivity index (χ3n) is 0. The van der Waals surface area contributed by atoms with Crippen LogP contribution in [0.4, 0.5) is 0 Å². The fourth-order valence-electron chi connectivity index (χ4n) is 0. The third-order valence-corrected chi connectivity index (χ3v) is 0. The summed E-state index contributed by atoms with van der Waals surface area (Å²) in [5, 5.41) is 7.42. The fraction of sp³-hybridized carbons (Fsp3) is 0.500. The molecule has 0 amide bonds. The first-order chi connectivity index (χ1) is 1.73. The molecule has 0 unspecified atom stereocenters. The monoisotopic (exact) mass is 394 g/mol. The molecular formula is C2H10Ce2O5. The summed E-state index contributed by atoms with van der Waals surface area (Å²) >= 11 is 0. The van der Waals surface area contributed by atoms with Crippen molar-refractivity contribution in [1.29, 1.82) is 0 Å². The maximum Gasteiger partial charge on any atom is 0.300 e. The van der Waals surface area contributed by atoms with Gasteiger partial charge in [0, 0.05) is 90.4 Å². The molecule has 9 heavy (non-hydrogen) atoms. The molecule has 0 atom stereocenters. The van der Waals surface area contributed by atoms with Gasteiger partial charge in [-0.2, -0.15) is 0 Å². The van der Waals surface area contributed by atoms with E-state index in [9.17, 15) is 0 Å². The molecule has 0 rings (SSSR count). The molecule has 0 radical (unpaired) electrons. The van der Waals surface area contributed by atoms with E-state index in [-0.39, 0.29) is 99.9 Å². The van der Waals surface area contributed by atoms with Crippen LogP contribution in [0.3, 0.4) is 0 Å². The van der Waals surface area contributed by atoms with E-state index in [1.165, 1.54) is 0 Å². The first-order valence-electron chi connectivity index (χ1n) is 0.928. The van der Waals surface area contributed by atoms with Crippen molar-refractivity contribution in [2.24, 2.45) is 0 Å². The molecule has 0 saturated carbocycles. The Bertz CT molecular complexity index is 35.9. The van der Waals surface area contributed by atoms with Crippen LogP contribution < -0.4 is 0 Å². The van der Waals surface area contributed by atoms with Gasteiger partial charge >= 0.3 is 0 Å². The summed E-state index contributed by atoms with van der Waals surface area (Å²) in [5.74, 6) is -0.833. The van der Waals surface area contributed by atoms with Crippen LogP contribution in [0.25, 0.3) is 0 Å². The zero-order valence-electron chi connectivity index (χ0n) is 4.86. The summed E-state index contributed by atoms with van der Waals surface area (Å²) in [5.41, 5.74) is 0. The van der Waals surface area contributed by atoms with Crippen LogP contribution in [0, 0.1) is 83.5 Å². The topological polar surface area (TPSA) is 132 Å². The molecule has 0 spiro atoms. The number of carbonyl (C=O) groups is 1. The molecule has 0 saturated heterocycles. The first kappa shape index (κ1) is 43.5. The minimum absolute atomic E-state index is 0. The van der Waals surface area contributed by atoms with Crippen molar-refractivity contribution >= 4 is 5.97 Å². The fourth-order valence-corrected chi connectivity index (χ4v) is 0. The summed E-state index contributed by atoms with van der Waals surface area (Å²) in [6.45, 7) is 1.08. The predicted octanol–water partition coefficient (Wildman–Crippen LogP) is -2.38.